The van der Waals surface area contributed by atoms with Gasteiger partial charge in [-0.05, 0) is 49.4 Å². The summed E-state index contributed by atoms with van der Waals surface area (Å²) in [5.74, 6) is 1.43. The number of nitrogens with zero attached hydrogens (tertiary/aromatic N) is 2. The van der Waals surface area contributed by atoms with Crippen LogP contribution in [0.15, 0.2) is 72.8 Å². The fourth-order valence-electron chi connectivity index (χ4n) is 3.21. The first kappa shape index (κ1) is 18.4. The molecule has 4 rings (SSSR count). The molecule has 4 aromatic rings. The van der Waals surface area contributed by atoms with E-state index in [9.17, 15) is 9.59 Å². The van der Waals surface area contributed by atoms with Crippen LogP contribution in [-0.4, -0.2) is 21.2 Å². The molecule has 0 radical (unpaired) electrons. The Hall–Kier alpha value is -3.93. The molecule has 0 aliphatic carbocycles. The molecule has 0 aliphatic rings. The molecule has 6 heteroatoms. The number of carbonyl (C=O) groups is 2. The summed E-state index contributed by atoms with van der Waals surface area (Å²) in [7, 11) is 0. The maximum absolute atomic E-state index is 11.7. The van der Waals surface area contributed by atoms with Gasteiger partial charge >= 0.3 is 0 Å². The van der Waals surface area contributed by atoms with Gasteiger partial charge in [-0.25, -0.2) is 4.98 Å². The van der Waals surface area contributed by atoms with Gasteiger partial charge in [-0.2, -0.15) is 0 Å². The summed E-state index contributed by atoms with van der Waals surface area (Å²) in [6, 6.07) is 22.2. The fraction of sp³-hybridized carbons (Fsp3) is 0.0870. The van der Waals surface area contributed by atoms with E-state index < -0.39 is 5.91 Å². The number of benzene rings is 3. The first-order valence-electron chi connectivity index (χ1n) is 9.14. The SMILES string of the molecule is CC(=O)c1ccc2c(c1)nc(-c1cccc(Oc3ccccc3)c1)n2CC(N)=O. The average Bonchev–Trinajstić information content (AvgIpc) is 3.06. The lowest BCUT2D eigenvalue weighted by atomic mass is 10.1. The zero-order valence-electron chi connectivity index (χ0n) is 15.8. The molecule has 0 spiro atoms. The fourth-order valence-corrected chi connectivity index (χ4v) is 3.21. The summed E-state index contributed by atoms with van der Waals surface area (Å²) < 4.78 is 7.67. The number of ketones is 1. The van der Waals surface area contributed by atoms with Crippen molar-refractivity contribution in [2.75, 3.05) is 0 Å². The standard InChI is InChI=1S/C23H19N3O3/c1-15(27)16-10-11-21-20(13-16)25-23(26(21)14-22(24)28)17-6-5-9-19(12-17)29-18-7-3-2-4-8-18/h2-13H,14H2,1H3,(H2,24,28). The number of nitrogens with two attached hydrogens (primary N) is 1. The van der Waals surface area contributed by atoms with Crippen molar-refractivity contribution in [3.63, 3.8) is 0 Å². The van der Waals surface area contributed by atoms with Gasteiger partial charge in [0.1, 0.15) is 23.9 Å². The summed E-state index contributed by atoms with van der Waals surface area (Å²) in [6.45, 7) is 1.49. The third kappa shape index (κ3) is 3.87. The van der Waals surface area contributed by atoms with E-state index >= 15 is 0 Å². The molecular formula is C23H19N3O3. The number of carbonyl (C=O) groups excluding carboxylic acids is 2. The molecular weight excluding hydrogens is 366 g/mol. The molecule has 3 aromatic carbocycles. The Labute approximate surface area is 167 Å². The van der Waals surface area contributed by atoms with Crippen molar-refractivity contribution in [2.45, 2.75) is 13.5 Å². The van der Waals surface area contributed by atoms with Crippen LogP contribution in [0.1, 0.15) is 17.3 Å². The predicted octanol–water partition coefficient (Wildman–Crippen LogP) is 4.18. The van der Waals surface area contributed by atoms with Gasteiger partial charge in [0.15, 0.2) is 5.78 Å². The lowest BCUT2D eigenvalue weighted by Crippen LogP contribution is -2.19. The van der Waals surface area contributed by atoms with E-state index in [1.165, 1.54) is 6.92 Å². The van der Waals surface area contributed by atoms with Gasteiger partial charge in [0.25, 0.3) is 0 Å². The predicted molar refractivity (Wildman–Crippen MR) is 111 cm³/mol. The van der Waals surface area contributed by atoms with Crippen molar-refractivity contribution in [1.82, 2.24) is 9.55 Å². The summed E-state index contributed by atoms with van der Waals surface area (Å²) in [5.41, 5.74) is 8.17. The largest absolute Gasteiger partial charge is 0.457 e. The van der Waals surface area contributed by atoms with E-state index in [0.717, 1.165) is 16.8 Å². The zero-order chi connectivity index (χ0) is 20.4. The van der Waals surface area contributed by atoms with Crippen LogP contribution in [-0.2, 0) is 11.3 Å². The van der Waals surface area contributed by atoms with E-state index in [1.807, 2.05) is 54.6 Å². The molecule has 0 unspecified atom stereocenters. The Kier molecular flexibility index (Phi) is 4.83. The number of amides is 1. The Bertz CT molecular complexity index is 1210. The van der Waals surface area contributed by atoms with Crippen LogP contribution < -0.4 is 10.5 Å². The van der Waals surface area contributed by atoms with E-state index in [1.54, 1.807) is 22.8 Å². The van der Waals surface area contributed by atoms with Gasteiger partial charge in [-0.1, -0.05) is 30.3 Å². The third-order valence-corrected chi connectivity index (χ3v) is 4.54. The van der Waals surface area contributed by atoms with E-state index in [-0.39, 0.29) is 12.3 Å². The normalized spacial score (nSPS) is 10.8. The topological polar surface area (TPSA) is 87.2 Å². The number of rotatable bonds is 6. The van der Waals surface area contributed by atoms with Crippen molar-refractivity contribution < 1.29 is 14.3 Å². The van der Waals surface area contributed by atoms with E-state index in [4.69, 9.17) is 10.5 Å². The van der Waals surface area contributed by atoms with Crippen LogP contribution in [0.5, 0.6) is 11.5 Å². The van der Waals surface area contributed by atoms with Crippen molar-refractivity contribution in [3.05, 3.63) is 78.4 Å². The molecule has 1 amide bonds. The minimum atomic E-state index is -0.474. The van der Waals surface area contributed by atoms with Gasteiger partial charge in [-0.15, -0.1) is 0 Å². The molecule has 1 aromatic heterocycles. The minimum absolute atomic E-state index is 0.0188. The first-order valence-corrected chi connectivity index (χ1v) is 9.14. The number of fused-ring (bicyclic) bond motifs is 1. The average molecular weight is 385 g/mol. The molecule has 29 heavy (non-hydrogen) atoms. The number of imidazole rings is 1. The summed E-state index contributed by atoms with van der Waals surface area (Å²) in [5, 5.41) is 0. The van der Waals surface area contributed by atoms with Gasteiger partial charge in [0.2, 0.25) is 5.91 Å². The van der Waals surface area contributed by atoms with Crippen LogP contribution in [0.2, 0.25) is 0 Å². The Morgan fingerprint density at radius 3 is 2.45 bits per heavy atom. The van der Waals surface area contributed by atoms with Gasteiger partial charge in [0, 0.05) is 11.1 Å². The number of primary amides is 1. The second-order valence-electron chi connectivity index (χ2n) is 6.69. The molecule has 0 saturated carbocycles. The number of para-hydroxylation sites is 1. The van der Waals surface area contributed by atoms with Crippen molar-refractivity contribution in [3.8, 4) is 22.9 Å². The van der Waals surface area contributed by atoms with Gasteiger partial charge in [-0.3, -0.25) is 9.59 Å². The summed E-state index contributed by atoms with van der Waals surface area (Å²) in [6.07, 6.45) is 0. The highest BCUT2D eigenvalue weighted by molar-refractivity contribution is 5.98. The van der Waals surface area contributed by atoms with Gasteiger partial charge < -0.3 is 15.0 Å². The Balaban J connectivity index is 1.81. The Morgan fingerprint density at radius 1 is 0.966 bits per heavy atom. The molecule has 0 aliphatic heterocycles. The number of hydrogen-bond acceptors (Lipinski definition) is 4. The van der Waals surface area contributed by atoms with E-state index in [2.05, 4.69) is 4.98 Å². The number of hydrogen-bond donors (Lipinski definition) is 1. The second kappa shape index (κ2) is 7.59. The maximum Gasteiger partial charge on any atom is 0.237 e. The quantitative estimate of drug-likeness (QED) is 0.504. The maximum atomic E-state index is 11.7. The highest BCUT2D eigenvalue weighted by Gasteiger charge is 2.16. The molecule has 2 N–H and O–H groups in total. The van der Waals surface area contributed by atoms with Crippen LogP contribution in [0.25, 0.3) is 22.4 Å². The highest BCUT2D eigenvalue weighted by atomic mass is 16.5. The highest BCUT2D eigenvalue weighted by Crippen LogP contribution is 2.30. The van der Waals surface area contributed by atoms with Crippen molar-refractivity contribution >= 4 is 22.7 Å². The molecule has 0 atom stereocenters. The molecule has 6 nitrogen and oxygen atoms in total. The lowest BCUT2D eigenvalue weighted by Gasteiger charge is -2.10. The molecule has 1 heterocycles. The lowest BCUT2D eigenvalue weighted by molar-refractivity contribution is -0.118. The second-order valence-corrected chi connectivity index (χ2v) is 6.69. The van der Waals surface area contributed by atoms with E-state index in [0.29, 0.717) is 22.7 Å². The van der Waals surface area contributed by atoms with Crippen molar-refractivity contribution in [2.24, 2.45) is 5.73 Å². The molecule has 0 bridgehead atoms. The minimum Gasteiger partial charge on any atom is -0.457 e. The van der Waals surface area contributed by atoms with Crippen LogP contribution in [0, 0.1) is 0 Å². The van der Waals surface area contributed by atoms with Crippen LogP contribution >= 0.6 is 0 Å². The Morgan fingerprint density at radius 2 is 1.72 bits per heavy atom. The first-order chi connectivity index (χ1) is 14.0. The smallest absolute Gasteiger partial charge is 0.237 e. The molecule has 0 fully saturated rings. The zero-order valence-corrected chi connectivity index (χ0v) is 15.8. The number of ether oxygens (including phenoxy) is 1. The number of Topliss-reactive ketones (excluding diaryl/α,β-unsaturated/α-hetero) is 1. The van der Waals surface area contributed by atoms with Crippen molar-refractivity contribution in [1.29, 1.82) is 0 Å². The van der Waals surface area contributed by atoms with Crippen LogP contribution in [0.3, 0.4) is 0 Å². The molecule has 0 saturated heterocycles. The molecule has 144 valence electrons. The van der Waals surface area contributed by atoms with Crippen LogP contribution in [0.4, 0.5) is 0 Å². The third-order valence-electron chi connectivity index (χ3n) is 4.54. The summed E-state index contributed by atoms with van der Waals surface area (Å²) in [4.78, 5) is 28.1. The summed E-state index contributed by atoms with van der Waals surface area (Å²) >= 11 is 0. The monoisotopic (exact) mass is 385 g/mol. The number of aromatic nitrogens is 2. The van der Waals surface area contributed by atoms with Gasteiger partial charge in [0.05, 0.1) is 11.0 Å².